The first-order valence-electron chi connectivity index (χ1n) is 8.79. The second-order valence-corrected chi connectivity index (χ2v) is 6.52. The molecule has 1 nitrogen and oxygen atoms in total. The zero-order chi connectivity index (χ0) is 16.9. The summed E-state index contributed by atoms with van der Waals surface area (Å²) < 4.78 is 0. The fraction of sp³-hybridized carbons (Fsp3) is 0.125. The van der Waals surface area contributed by atoms with Gasteiger partial charge in [0.2, 0.25) is 0 Å². The summed E-state index contributed by atoms with van der Waals surface area (Å²) in [5.41, 5.74) is 7.82. The van der Waals surface area contributed by atoms with E-state index in [0.29, 0.717) is 0 Å². The summed E-state index contributed by atoms with van der Waals surface area (Å²) in [6, 6.07) is 28.3. The third-order valence-corrected chi connectivity index (χ3v) is 4.56. The highest BCUT2D eigenvalue weighted by Crippen LogP contribution is 2.17. The first-order chi connectivity index (χ1) is 12.4. The Morgan fingerprint density at radius 3 is 2.00 bits per heavy atom. The highest BCUT2D eigenvalue weighted by molar-refractivity contribution is 6.03. The van der Waals surface area contributed by atoms with Gasteiger partial charge in [0, 0.05) is 12.6 Å². The van der Waals surface area contributed by atoms with Crippen molar-refractivity contribution in [1.82, 2.24) is 0 Å². The lowest BCUT2D eigenvalue weighted by Gasteiger charge is -2.08. The summed E-state index contributed by atoms with van der Waals surface area (Å²) in [6.45, 7) is 0. The van der Waals surface area contributed by atoms with Crippen molar-refractivity contribution in [3.8, 4) is 0 Å². The molecule has 0 spiro atoms. The van der Waals surface area contributed by atoms with Gasteiger partial charge >= 0.3 is 0 Å². The molecule has 0 atom stereocenters. The summed E-state index contributed by atoms with van der Waals surface area (Å²) in [5.74, 6) is 0. The average molecular weight is 323 g/mol. The van der Waals surface area contributed by atoms with E-state index < -0.39 is 0 Å². The predicted molar refractivity (Wildman–Crippen MR) is 105 cm³/mol. The third kappa shape index (κ3) is 3.95. The van der Waals surface area contributed by atoms with Crippen LogP contribution in [0.15, 0.2) is 96.1 Å². The van der Waals surface area contributed by atoms with Crippen LogP contribution in [0.25, 0.3) is 0 Å². The molecule has 1 aliphatic heterocycles. The van der Waals surface area contributed by atoms with Crippen molar-refractivity contribution in [2.45, 2.75) is 19.3 Å². The van der Waals surface area contributed by atoms with Crippen molar-refractivity contribution in [3.05, 3.63) is 119 Å². The first-order valence-corrected chi connectivity index (χ1v) is 8.79. The molecule has 0 unspecified atom stereocenters. The maximum Gasteiger partial charge on any atom is 0.0514 e. The zero-order valence-electron chi connectivity index (χ0n) is 14.2. The maximum absolute atomic E-state index is 4.45. The normalized spacial score (nSPS) is 13.0. The number of allylic oxidation sites excluding steroid dienone is 1. The molecule has 25 heavy (non-hydrogen) atoms. The van der Waals surface area contributed by atoms with Crippen LogP contribution in [0.2, 0.25) is 0 Å². The van der Waals surface area contributed by atoms with Crippen LogP contribution in [0, 0.1) is 0 Å². The van der Waals surface area contributed by atoms with E-state index in [1.165, 1.54) is 33.5 Å². The second kappa shape index (κ2) is 7.31. The van der Waals surface area contributed by atoms with Crippen LogP contribution in [-0.2, 0) is 12.8 Å². The second-order valence-electron chi connectivity index (χ2n) is 6.52. The van der Waals surface area contributed by atoms with Crippen molar-refractivity contribution in [2.75, 3.05) is 0 Å². The molecule has 1 heterocycles. The Morgan fingerprint density at radius 1 is 0.640 bits per heavy atom. The molecule has 0 saturated carbocycles. The molecule has 3 aromatic carbocycles. The summed E-state index contributed by atoms with van der Waals surface area (Å²) in [4.78, 5) is 4.45. The summed E-state index contributed by atoms with van der Waals surface area (Å²) in [6.07, 6.45) is 6.88. The van der Waals surface area contributed by atoms with Crippen molar-refractivity contribution in [2.24, 2.45) is 4.99 Å². The van der Waals surface area contributed by atoms with Crippen LogP contribution in [0.3, 0.4) is 0 Å². The van der Waals surface area contributed by atoms with E-state index in [-0.39, 0.29) is 0 Å². The Hall–Kier alpha value is -2.93. The minimum absolute atomic E-state index is 0.940. The number of nitrogens with zero attached hydrogens (tertiary/aromatic N) is 1. The largest absolute Gasteiger partial charge is 0.261 e. The lowest BCUT2D eigenvalue weighted by atomic mass is 9.97. The fourth-order valence-electron chi connectivity index (χ4n) is 3.33. The van der Waals surface area contributed by atoms with Gasteiger partial charge < -0.3 is 0 Å². The topological polar surface area (TPSA) is 12.4 Å². The van der Waals surface area contributed by atoms with Gasteiger partial charge in [-0.3, -0.25) is 4.99 Å². The SMILES string of the molecule is C1=CN=C(c2cccc(Cc3cccc(Cc4ccccc4)c3)c2)C1. The Labute approximate surface area is 149 Å². The smallest absolute Gasteiger partial charge is 0.0514 e. The quantitative estimate of drug-likeness (QED) is 0.581. The van der Waals surface area contributed by atoms with Crippen LogP contribution in [-0.4, -0.2) is 5.71 Å². The van der Waals surface area contributed by atoms with Gasteiger partial charge in [-0.1, -0.05) is 78.9 Å². The molecule has 0 aromatic heterocycles. The van der Waals surface area contributed by atoms with Gasteiger partial charge in [0.25, 0.3) is 0 Å². The van der Waals surface area contributed by atoms with Gasteiger partial charge in [-0.25, -0.2) is 0 Å². The van der Waals surface area contributed by atoms with Crippen LogP contribution >= 0.6 is 0 Å². The average Bonchev–Trinajstić information content (AvgIpc) is 3.18. The fourth-order valence-corrected chi connectivity index (χ4v) is 3.33. The molecular weight excluding hydrogens is 302 g/mol. The highest BCUT2D eigenvalue weighted by atomic mass is 14.7. The van der Waals surface area contributed by atoms with E-state index in [1.807, 2.05) is 6.20 Å². The van der Waals surface area contributed by atoms with Crippen molar-refractivity contribution in [3.63, 3.8) is 0 Å². The summed E-state index contributed by atoms with van der Waals surface area (Å²) in [7, 11) is 0. The number of aliphatic imine (C=N–C) groups is 1. The Bertz CT molecular complexity index is 920. The summed E-state index contributed by atoms with van der Waals surface area (Å²) >= 11 is 0. The molecule has 122 valence electrons. The van der Waals surface area contributed by atoms with Crippen LogP contribution in [0.4, 0.5) is 0 Å². The molecule has 0 bridgehead atoms. The standard InChI is InChI=1S/C24H21N/c1-2-7-19(8-3-1)15-20-9-4-10-21(16-20)17-22-11-5-12-23(18-22)24-13-6-14-25-24/h1-12,14,16,18H,13,15,17H2. The van der Waals surface area contributed by atoms with Crippen molar-refractivity contribution >= 4 is 5.71 Å². The lowest BCUT2D eigenvalue weighted by Crippen LogP contribution is -1.98. The number of rotatable bonds is 5. The molecule has 0 N–H and O–H groups in total. The van der Waals surface area contributed by atoms with Gasteiger partial charge in [-0.2, -0.15) is 0 Å². The van der Waals surface area contributed by atoms with E-state index in [9.17, 15) is 0 Å². The van der Waals surface area contributed by atoms with Gasteiger partial charge in [0.1, 0.15) is 0 Å². The van der Waals surface area contributed by atoms with Crippen LogP contribution in [0.5, 0.6) is 0 Å². The molecule has 4 rings (SSSR count). The molecule has 0 aliphatic carbocycles. The molecule has 1 heteroatoms. The monoisotopic (exact) mass is 323 g/mol. The molecular formula is C24H21N. The number of hydrogen-bond donors (Lipinski definition) is 0. The van der Waals surface area contributed by atoms with E-state index in [1.54, 1.807) is 0 Å². The van der Waals surface area contributed by atoms with E-state index in [2.05, 4.69) is 89.9 Å². The van der Waals surface area contributed by atoms with E-state index in [0.717, 1.165) is 19.3 Å². The number of hydrogen-bond acceptors (Lipinski definition) is 1. The lowest BCUT2D eigenvalue weighted by molar-refractivity contribution is 1.14. The zero-order valence-corrected chi connectivity index (χ0v) is 14.2. The maximum atomic E-state index is 4.45. The van der Waals surface area contributed by atoms with Gasteiger partial charge in [-0.05, 0) is 46.7 Å². The van der Waals surface area contributed by atoms with E-state index >= 15 is 0 Å². The van der Waals surface area contributed by atoms with Gasteiger partial charge in [0.15, 0.2) is 0 Å². The van der Waals surface area contributed by atoms with Crippen LogP contribution < -0.4 is 0 Å². The molecule has 3 aromatic rings. The number of benzene rings is 3. The molecule has 0 saturated heterocycles. The van der Waals surface area contributed by atoms with Crippen LogP contribution in [0.1, 0.15) is 34.2 Å². The first kappa shape index (κ1) is 15.6. The van der Waals surface area contributed by atoms with Crippen molar-refractivity contribution < 1.29 is 0 Å². The third-order valence-electron chi connectivity index (χ3n) is 4.56. The molecule has 0 radical (unpaired) electrons. The Morgan fingerprint density at radius 2 is 1.28 bits per heavy atom. The van der Waals surface area contributed by atoms with E-state index in [4.69, 9.17) is 0 Å². The molecule has 0 fully saturated rings. The van der Waals surface area contributed by atoms with Gasteiger partial charge in [0.05, 0.1) is 5.71 Å². The predicted octanol–water partition coefficient (Wildman–Crippen LogP) is 5.57. The molecule has 1 aliphatic rings. The minimum atomic E-state index is 0.940. The molecule has 0 amide bonds. The highest BCUT2D eigenvalue weighted by Gasteiger charge is 2.06. The minimum Gasteiger partial charge on any atom is -0.261 e. The Balaban J connectivity index is 1.51. The Kier molecular flexibility index (Phi) is 4.56. The van der Waals surface area contributed by atoms with Gasteiger partial charge in [-0.15, -0.1) is 0 Å². The summed E-state index contributed by atoms with van der Waals surface area (Å²) in [5, 5.41) is 0. The van der Waals surface area contributed by atoms with Crippen molar-refractivity contribution in [1.29, 1.82) is 0 Å².